The normalized spacial score (nSPS) is 16.8. The molecule has 0 aromatic carbocycles. The molecule has 7 nitrogen and oxygen atoms in total. The van der Waals surface area contributed by atoms with Crippen molar-refractivity contribution in [3.63, 3.8) is 0 Å². The van der Waals surface area contributed by atoms with E-state index in [0.29, 0.717) is 23.8 Å². The molecule has 2 amide bonds. The van der Waals surface area contributed by atoms with E-state index in [9.17, 15) is 9.59 Å². The summed E-state index contributed by atoms with van der Waals surface area (Å²) in [6.45, 7) is 5.07. The van der Waals surface area contributed by atoms with E-state index < -0.39 is 11.8 Å². The number of hydrogen-bond donors (Lipinski definition) is 1. The summed E-state index contributed by atoms with van der Waals surface area (Å²) in [5.74, 6) is -0.958. The highest BCUT2D eigenvalue weighted by atomic mass is 32.1. The summed E-state index contributed by atoms with van der Waals surface area (Å²) in [5, 5.41) is 4.34. The van der Waals surface area contributed by atoms with Gasteiger partial charge < -0.3 is 15.5 Å². The maximum absolute atomic E-state index is 11.9. The van der Waals surface area contributed by atoms with E-state index in [1.54, 1.807) is 4.90 Å². The van der Waals surface area contributed by atoms with E-state index in [-0.39, 0.29) is 12.6 Å². The van der Waals surface area contributed by atoms with Crippen LogP contribution in [0, 0.1) is 0 Å². The van der Waals surface area contributed by atoms with Crippen molar-refractivity contribution in [2.24, 2.45) is 0 Å². The topological polar surface area (TPSA) is 92.4 Å². The molecule has 18 heavy (non-hydrogen) atoms. The molecule has 1 aliphatic rings. The van der Waals surface area contributed by atoms with Crippen LogP contribution in [0.25, 0.3) is 0 Å². The molecule has 0 spiro atoms. The van der Waals surface area contributed by atoms with Crippen molar-refractivity contribution in [2.75, 3.05) is 18.8 Å². The second-order valence-corrected chi connectivity index (χ2v) is 5.19. The number of nitrogen functional groups attached to an aromatic ring is 1. The predicted octanol–water partition coefficient (Wildman–Crippen LogP) is -0.301. The van der Waals surface area contributed by atoms with Gasteiger partial charge in [0.1, 0.15) is 10.7 Å². The van der Waals surface area contributed by atoms with Crippen LogP contribution >= 0.6 is 11.5 Å². The fourth-order valence-corrected chi connectivity index (χ4v) is 2.28. The van der Waals surface area contributed by atoms with Gasteiger partial charge in [-0.25, -0.2) is 0 Å². The SMILES string of the molecule is CC(C)N1CCN(Cc2nnsc2N)C(=O)C1=O. The minimum absolute atomic E-state index is 0.0367. The van der Waals surface area contributed by atoms with Gasteiger partial charge in [0.2, 0.25) is 0 Å². The smallest absolute Gasteiger partial charge is 0.312 e. The highest BCUT2D eigenvalue weighted by Crippen LogP contribution is 2.17. The molecule has 0 unspecified atom stereocenters. The van der Waals surface area contributed by atoms with Crippen molar-refractivity contribution in [1.29, 1.82) is 0 Å². The van der Waals surface area contributed by atoms with Crippen molar-refractivity contribution in [3.05, 3.63) is 5.69 Å². The zero-order chi connectivity index (χ0) is 13.3. The summed E-state index contributed by atoms with van der Waals surface area (Å²) in [4.78, 5) is 26.8. The molecule has 1 aromatic rings. The van der Waals surface area contributed by atoms with Crippen LogP contribution in [-0.4, -0.2) is 50.3 Å². The first-order chi connectivity index (χ1) is 8.50. The molecule has 0 radical (unpaired) electrons. The van der Waals surface area contributed by atoms with Crippen molar-refractivity contribution in [3.8, 4) is 0 Å². The zero-order valence-electron chi connectivity index (χ0n) is 10.3. The summed E-state index contributed by atoms with van der Waals surface area (Å²) in [7, 11) is 0. The number of piperazine rings is 1. The highest BCUT2D eigenvalue weighted by Gasteiger charge is 2.34. The Morgan fingerprint density at radius 3 is 2.61 bits per heavy atom. The number of rotatable bonds is 3. The van der Waals surface area contributed by atoms with Crippen LogP contribution in [-0.2, 0) is 16.1 Å². The van der Waals surface area contributed by atoms with Crippen molar-refractivity contribution < 1.29 is 9.59 Å². The molecule has 0 aliphatic carbocycles. The minimum Gasteiger partial charge on any atom is -0.388 e. The Balaban J connectivity index is 2.07. The third-order valence-electron chi connectivity index (χ3n) is 2.89. The Bertz CT molecular complexity index is 473. The standard InChI is InChI=1S/C10H15N5O2S/c1-6(2)15-4-3-14(9(16)10(15)17)5-7-8(11)18-13-12-7/h6H,3-5,11H2,1-2H3. The number of amides is 2. The third-order valence-corrected chi connectivity index (χ3v) is 3.49. The summed E-state index contributed by atoms with van der Waals surface area (Å²) >= 11 is 1.08. The third kappa shape index (κ3) is 2.28. The van der Waals surface area contributed by atoms with Gasteiger partial charge >= 0.3 is 11.8 Å². The number of aromatic nitrogens is 2. The van der Waals surface area contributed by atoms with E-state index in [0.717, 1.165) is 11.5 Å². The fourth-order valence-electron chi connectivity index (χ4n) is 1.84. The Kier molecular flexibility index (Phi) is 3.46. The molecule has 0 atom stereocenters. The van der Waals surface area contributed by atoms with Crippen LogP contribution in [0.4, 0.5) is 5.00 Å². The Morgan fingerprint density at radius 2 is 2.06 bits per heavy atom. The molecular weight excluding hydrogens is 254 g/mol. The lowest BCUT2D eigenvalue weighted by molar-refractivity contribution is -0.157. The first-order valence-electron chi connectivity index (χ1n) is 5.67. The number of nitrogens with two attached hydrogens (primary N) is 1. The zero-order valence-corrected chi connectivity index (χ0v) is 11.1. The van der Waals surface area contributed by atoms with Gasteiger partial charge in [-0.1, -0.05) is 4.49 Å². The number of nitrogens with zero attached hydrogens (tertiary/aromatic N) is 4. The van der Waals surface area contributed by atoms with Gasteiger partial charge in [-0.3, -0.25) is 9.59 Å². The first-order valence-corrected chi connectivity index (χ1v) is 6.44. The molecule has 1 fully saturated rings. The molecule has 2 rings (SSSR count). The minimum atomic E-state index is -0.498. The molecule has 1 saturated heterocycles. The van der Waals surface area contributed by atoms with Crippen molar-refractivity contribution in [1.82, 2.24) is 19.4 Å². The Hall–Kier alpha value is -1.70. The van der Waals surface area contributed by atoms with Gasteiger partial charge in [0, 0.05) is 30.7 Å². The van der Waals surface area contributed by atoms with Crippen LogP contribution in [0.3, 0.4) is 0 Å². The van der Waals surface area contributed by atoms with Gasteiger partial charge in [0.05, 0.1) is 6.54 Å². The molecule has 2 heterocycles. The first kappa shape index (κ1) is 12.7. The second kappa shape index (κ2) is 4.89. The summed E-state index contributed by atoms with van der Waals surface area (Å²) in [6, 6.07) is 0.0367. The van der Waals surface area contributed by atoms with Gasteiger partial charge in [0.25, 0.3) is 0 Å². The number of carbonyl (C=O) groups excluding carboxylic acids is 2. The fraction of sp³-hybridized carbons (Fsp3) is 0.600. The Morgan fingerprint density at radius 1 is 1.33 bits per heavy atom. The summed E-state index contributed by atoms with van der Waals surface area (Å²) < 4.78 is 3.71. The van der Waals surface area contributed by atoms with Crippen molar-refractivity contribution >= 4 is 28.3 Å². The molecule has 1 aromatic heterocycles. The van der Waals surface area contributed by atoms with E-state index in [4.69, 9.17) is 5.73 Å². The lowest BCUT2D eigenvalue weighted by atomic mass is 10.2. The van der Waals surface area contributed by atoms with Crippen LogP contribution in [0.5, 0.6) is 0 Å². The monoisotopic (exact) mass is 269 g/mol. The lowest BCUT2D eigenvalue weighted by Gasteiger charge is -2.35. The van der Waals surface area contributed by atoms with Gasteiger partial charge in [-0.05, 0) is 13.8 Å². The van der Waals surface area contributed by atoms with Gasteiger partial charge in [0.15, 0.2) is 0 Å². The molecule has 98 valence electrons. The summed E-state index contributed by atoms with van der Waals surface area (Å²) in [5.41, 5.74) is 6.23. The van der Waals surface area contributed by atoms with Gasteiger partial charge in [-0.2, -0.15) is 0 Å². The van der Waals surface area contributed by atoms with E-state index in [1.165, 1.54) is 4.90 Å². The van der Waals surface area contributed by atoms with Gasteiger partial charge in [-0.15, -0.1) is 5.10 Å². The van der Waals surface area contributed by atoms with Crippen LogP contribution in [0.2, 0.25) is 0 Å². The number of anilines is 1. The highest BCUT2D eigenvalue weighted by molar-refractivity contribution is 7.09. The van der Waals surface area contributed by atoms with E-state index >= 15 is 0 Å². The number of carbonyl (C=O) groups is 2. The Labute approximate surface area is 109 Å². The number of hydrogen-bond acceptors (Lipinski definition) is 6. The van der Waals surface area contributed by atoms with E-state index in [2.05, 4.69) is 9.59 Å². The van der Waals surface area contributed by atoms with Crippen LogP contribution in [0.1, 0.15) is 19.5 Å². The molecule has 8 heteroatoms. The molecule has 1 aliphatic heterocycles. The van der Waals surface area contributed by atoms with E-state index in [1.807, 2.05) is 13.8 Å². The van der Waals surface area contributed by atoms with Crippen molar-refractivity contribution in [2.45, 2.75) is 26.4 Å². The molecule has 2 N–H and O–H groups in total. The van der Waals surface area contributed by atoms with Crippen LogP contribution in [0.15, 0.2) is 0 Å². The molecule has 0 saturated carbocycles. The predicted molar refractivity (Wildman–Crippen MR) is 66.6 cm³/mol. The maximum atomic E-state index is 11.9. The molecule has 0 bridgehead atoms. The molecular formula is C10H15N5O2S. The van der Waals surface area contributed by atoms with Crippen LogP contribution < -0.4 is 5.73 Å². The lowest BCUT2D eigenvalue weighted by Crippen LogP contribution is -2.55. The average molecular weight is 269 g/mol. The quantitative estimate of drug-likeness (QED) is 0.760. The average Bonchev–Trinajstić information content (AvgIpc) is 2.70. The largest absolute Gasteiger partial charge is 0.388 e. The second-order valence-electron chi connectivity index (χ2n) is 4.40. The maximum Gasteiger partial charge on any atom is 0.312 e. The summed E-state index contributed by atoms with van der Waals surface area (Å²) in [6.07, 6.45) is 0.